The maximum Gasteiger partial charge on any atom is 0.119 e. The Bertz CT molecular complexity index is 1250. The van der Waals surface area contributed by atoms with E-state index in [-0.39, 0.29) is 0 Å². The van der Waals surface area contributed by atoms with Crippen molar-refractivity contribution in [3.05, 3.63) is 70.5 Å². The van der Waals surface area contributed by atoms with Gasteiger partial charge in [-0.15, -0.1) is 0 Å². The maximum atomic E-state index is 11.0. The largest absolute Gasteiger partial charge is 0.497 e. The van der Waals surface area contributed by atoms with Crippen LogP contribution < -0.4 is 10.1 Å². The number of halogens is 1. The number of nitrogens with one attached hydrogen (secondary N) is 2. The van der Waals surface area contributed by atoms with Gasteiger partial charge in [-0.3, -0.25) is 4.98 Å². The van der Waals surface area contributed by atoms with Crippen molar-refractivity contribution in [3.63, 3.8) is 0 Å². The van der Waals surface area contributed by atoms with Crippen LogP contribution in [0.25, 0.3) is 21.8 Å². The van der Waals surface area contributed by atoms with Crippen LogP contribution in [0.1, 0.15) is 30.2 Å². The summed E-state index contributed by atoms with van der Waals surface area (Å²) in [6.45, 7) is 3.41. The molecule has 0 aliphatic carbocycles. The number of H-pyrrole nitrogens is 1. The highest BCUT2D eigenvalue weighted by Gasteiger charge is 2.22. The van der Waals surface area contributed by atoms with Gasteiger partial charge < -0.3 is 25.0 Å². The van der Waals surface area contributed by atoms with Crippen molar-refractivity contribution in [1.29, 1.82) is 0 Å². The number of hydrogen-bond acceptors (Lipinski definition) is 5. The van der Waals surface area contributed by atoms with E-state index in [4.69, 9.17) is 4.74 Å². The summed E-state index contributed by atoms with van der Waals surface area (Å²) in [5.41, 5.74) is 4.16. The number of aliphatic hydroxyl groups excluding tert-OH is 1. The quantitative estimate of drug-likeness (QED) is 0.335. The van der Waals surface area contributed by atoms with Crippen molar-refractivity contribution < 1.29 is 9.84 Å². The van der Waals surface area contributed by atoms with E-state index in [1.54, 1.807) is 13.3 Å². The minimum absolute atomic E-state index is 0.488. The first kappa shape index (κ1) is 22.3. The average Bonchev–Trinajstić information content (AvgIpc) is 3.24. The number of methoxy groups -OCH3 is 1. The number of nitrogens with zero attached hydrogens (tertiary/aromatic N) is 2. The molecule has 3 heterocycles. The molecular formula is C26H29BrN4O2. The maximum absolute atomic E-state index is 11.0. The Balaban J connectivity index is 1.15. The molecule has 4 aromatic rings. The highest BCUT2D eigenvalue weighted by atomic mass is 79.9. The number of β-amino-alcohol motifs (C(OH)–C–C–N with tert-alkyl or cyclic N) is 1. The van der Waals surface area contributed by atoms with Gasteiger partial charge in [-0.1, -0.05) is 15.9 Å². The van der Waals surface area contributed by atoms with Crippen LogP contribution in [-0.2, 0) is 6.54 Å². The molecule has 1 unspecified atom stereocenters. The molecule has 33 heavy (non-hydrogen) atoms. The van der Waals surface area contributed by atoms with Gasteiger partial charge in [0.25, 0.3) is 0 Å². The molecule has 1 aliphatic rings. The second kappa shape index (κ2) is 9.81. The van der Waals surface area contributed by atoms with Crippen LogP contribution in [0.3, 0.4) is 0 Å². The lowest BCUT2D eigenvalue weighted by atomic mass is 10.0. The molecule has 0 bridgehead atoms. The summed E-state index contributed by atoms with van der Waals surface area (Å²) < 4.78 is 6.46. The van der Waals surface area contributed by atoms with Gasteiger partial charge in [0.15, 0.2) is 0 Å². The summed E-state index contributed by atoms with van der Waals surface area (Å²) in [6, 6.07) is 16.7. The molecule has 3 N–H and O–H groups in total. The Labute approximate surface area is 202 Å². The molecule has 0 radical (unpaired) electrons. The van der Waals surface area contributed by atoms with Gasteiger partial charge in [0.05, 0.1) is 18.7 Å². The standard InChI is InChI=1S/C26H29BrN4O2/c1-33-21-3-5-25-23(14-21)22(6-9-28-25)26(32)16-31-10-7-19(8-11-31)29-15-20-13-17-12-18(27)2-4-24(17)30-20/h2-6,9,12-14,19,26,29-30,32H,7-8,10-11,15-16H2,1H3. The van der Waals surface area contributed by atoms with Crippen LogP contribution >= 0.6 is 15.9 Å². The summed E-state index contributed by atoms with van der Waals surface area (Å²) in [7, 11) is 1.66. The number of benzene rings is 2. The number of aliphatic hydroxyl groups is 1. The number of pyridine rings is 1. The third kappa shape index (κ3) is 5.06. The first-order valence-corrected chi connectivity index (χ1v) is 12.2. The molecule has 2 aromatic heterocycles. The smallest absolute Gasteiger partial charge is 0.119 e. The lowest BCUT2D eigenvalue weighted by Crippen LogP contribution is -2.43. The average molecular weight is 509 g/mol. The molecular weight excluding hydrogens is 480 g/mol. The van der Waals surface area contributed by atoms with Crippen LogP contribution in [0, 0.1) is 0 Å². The number of hydrogen-bond donors (Lipinski definition) is 3. The van der Waals surface area contributed by atoms with Crippen LogP contribution in [0.15, 0.2) is 59.2 Å². The first-order valence-electron chi connectivity index (χ1n) is 11.4. The predicted octanol–water partition coefficient (Wildman–Crippen LogP) is 4.77. The van der Waals surface area contributed by atoms with Crippen molar-refractivity contribution in [2.75, 3.05) is 26.7 Å². The van der Waals surface area contributed by atoms with Gasteiger partial charge in [0, 0.05) is 51.8 Å². The van der Waals surface area contributed by atoms with Crippen molar-refractivity contribution in [1.82, 2.24) is 20.2 Å². The van der Waals surface area contributed by atoms with Gasteiger partial charge in [-0.25, -0.2) is 0 Å². The van der Waals surface area contributed by atoms with E-state index in [0.29, 0.717) is 12.6 Å². The number of piperidine rings is 1. The summed E-state index contributed by atoms with van der Waals surface area (Å²) in [5.74, 6) is 0.776. The van der Waals surface area contributed by atoms with Gasteiger partial charge in [-0.05, 0) is 80.0 Å². The van der Waals surface area contributed by atoms with Crippen molar-refractivity contribution in [3.8, 4) is 5.75 Å². The van der Waals surface area contributed by atoms with Crippen LogP contribution in [-0.4, -0.2) is 52.8 Å². The predicted molar refractivity (Wildman–Crippen MR) is 136 cm³/mol. The number of likely N-dealkylation sites (tertiary alicyclic amines) is 1. The van der Waals surface area contributed by atoms with Gasteiger partial charge in [0.2, 0.25) is 0 Å². The molecule has 2 aromatic carbocycles. The molecule has 1 saturated heterocycles. The first-order chi connectivity index (χ1) is 16.1. The second-order valence-corrected chi connectivity index (χ2v) is 9.70. The van der Waals surface area contributed by atoms with Crippen molar-refractivity contribution in [2.45, 2.75) is 31.5 Å². The van der Waals surface area contributed by atoms with E-state index in [9.17, 15) is 5.11 Å². The molecule has 1 fully saturated rings. The molecule has 5 rings (SSSR count). The lowest BCUT2D eigenvalue weighted by Gasteiger charge is -2.33. The monoisotopic (exact) mass is 508 g/mol. The van der Waals surface area contributed by atoms with Crippen LogP contribution in [0.2, 0.25) is 0 Å². The Morgan fingerprint density at radius 1 is 1.18 bits per heavy atom. The zero-order valence-corrected chi connectivity index (χ0v) is 20.3. The Kier molecular flexibility index (Phi) is 6.64. The molecule has 1 atom stereocenters. The van der Waals surface area contributed by atoms with Crippen molar-refractivity contribution >= 4 is 37.7 Å². The van der Waals surface area contributed by atoms with Crippen LogP contribution in [0.4, 0.5) is 0 Å². The van der Waals surface area contributed by atoms with E-state index >= 15 is 0 Å². The van der Waals surface area contributed by atoms with Crippen molar-refractivity contribution in [2.24, 2.45) is 0 Å². The van der Waals surface area contributed by atoms with Gasteiger partial charge >= 0.3 is 0 Å². The fraction of sp³-hybridized carbons (Fsp3) is 0.346. The van der Waals surface area contributed by atoms with E-state index in [1.165, 1.54) is 16.6 Å². The molecule has 7 heteroatoms. The van der Waals surface area contributed by atoms with E-state index in [2.05, 4.69) is 60.4 Å². The topological polar surface area (TPSA) is 73.4 Å². The highest BCUT2D eigenvalue weighted by Crippen LogP contribution is 2.28. The third-order valence-corrected chi connectivity index (χ3v) is 7.07. The number of aromatic nitrogens is 2. The normalized spacial score (nSPS) is 16.5. The van der Waals surface area contributed by atoms with E-state index in [1.807, 2.05) is 24.3 Å². The molecule has 0 spiro atoms. The second-order valence-electron chi connectivity index (χ2n) is 8.78. The lowest BCUT2D eigenvalue weighted by molar-refractivity contribution is 0.0948. The van der Waals surface area contributed by atoms with Gasteiger partial charge in [0.1, 0.15) is 5.75 Å². The zero-order chi connectivity index (χ0) is 22.8. The SMILES string of the molecule is COc1ccc2nccc(C(O)CN3CCC(NCc4cc5cc(Br)ccc5[nH]4)CC3)c2c1. The van der Waals surface area contributed by atoms with E-state index in [0.717, 1.165) is 59.2 Å². The minimum atomic E-state index is -0.558. The fourth-order valence-electron chi connectivity index (χ4n) is 4.74. The number of rotatable bonds is 7. The summed E-state index contributed by atoms with van der Waals surface area (Å²) in [4.78, 5) is 10.3. The molecule has 6 nitrogen and oxygen atoms in total. The number of ether oxygens (including phenoxy) is 1. The zero-order valence-electron chi connectivity index (χ0n) is 18.7. The Hall–Kier alpha value is -2.45. The number of fused-ring (bicyclic) bond motifs is 2. The van der Waals surface area contributed by atoms with E-state index < -0.39 is 6.10 Å². The highest BCUT2D eigenvalue weighted by molar-refractivity contribution is 9.10. The molecule has 1 aliphatic heterocycles. The Morgan fingerprint density at radius 3 is 2.85 bits per heavy atom. The third-order valence-electron chi connectivity index (χ3n) is 6.58. The molecule has 172 valence electrons. The Morgan fingerprint density at radius 2 is 2.03 bits per heavy atom. The number of aromatic amines is 1. The fourth-order valence-corrected chi connectivity index (χ4v) is 5.12. The van der Waals surface area contributed by atoms with Gasteiger partial charge in [-0.2, -0.15) is 0 Å². The minimum Gasteiger partial charge on any atom is -0.497 e. The summed E-state index contributed by atoms with van der Waals surface area (Å²) in [5, 5.41) is 16.9. The molecule has 0 amide bonds. The van der Waals surface area contributed by atoms with Crippen LogP contribution in [0.5, 0.6) is 5.75 Å². The summed E-state index contributed by atoms with van der Waals surface area (Å²) in [6.07, 6.45) is 3.36. The molecule has 0 saturated carbocycles. The summed E-state index contributed by atoms with van der Waals surface area (Å²) >= 11 is 3.54.